The molecule has 1 aliphatic heterocycles. The highest BCUT2D eigenvalue weighted by atomic mass is 16.5. The van der Waals surface area contributed by atoms with Crippen LogP contribution in [0, 0.1) is 0 Å². The normalized spacial score (nSPS) is 16.8. The molecule has 0 aromatic heterocycles. The zero-order valence-corrected chi connectivity index (χ0v) is 12.4. The largest absolute Gasteiger partial charge is 0.378 e. The lowest BCUT2D eigenvalue weighted by Gasteiger charge is -2.15. The van der Waals surface area contributed by atoms with Gasteiger partial charge >= 0.3 is 0 Å². The molecule has 0 aliphatic carbocycles. The van der Waals surface area contributed by atoms with Crippen LogP contribution in [-0.2, 0) is 4.74 Å². The van der Waals surface area contributed by atoms with E-state index in [1.165, 1.54) is 38.9 Å². The van der Waals surface area contributed by atoms with E-state index in [0.717, 1.165) is 39.0 Å². The number of rotatable bonds is 11. The molecule has 1 N–H and O–H groups in total. The molecule has 3 heteroatoms. The Morgan fingerprint density at radius 3 is 2.39 bits per heavy atom. The lowest BCUT2D eigenvalue weighted by Crippen LogP contribution is -2.25. The van der Waals surface area contributed by atoms with E-state index in [9.17, 15) is 0 Å². The molecule has 0 aromatic rings. The van der Waals surface area contributed by atoms with Gasteiger partial charge in [0.05, 0.1) is 6.10 Å². The van der Waals surface area contributed by atoms with E-state index in [1.54, 1.807) is 0 Å². The molecule has 0 aromatic carbocycles. The van der Waals surface area contributed by atoms with Gasteiger partial charge < -0.3 is 15.0 Å². The van der Waals surface area contributed by atoms with Gasteiger partial charge in [-0.3, -0.25) is 0 Å². The van der Waals surface area contributed by atoms with E-state index < -0.39 is 0 Å². The van der Waals surface area contributed by atoms with Crippen LogP contribution in [0.2, 0.25) is 0 Å². The SMILES string of the molecule is CCC(CC)OCCCNCCCN1CCCC1. The fraction of sp³-hybridized carbons (Fsp3) is 1.00. The molecular formula is C15H32N2O. The van der Waals surface area contributed by atoms with Crippen molar-refractivity contribution in [3.05, 3.63) is 0 Å². The van der Waals surface area contributed by atoms with E-state index in [1.807, 2.05) is 0 Å². The number of hydrogen-bond donors (Lipinski definition) is 1. The van der Waals surface area contributed by atoms with Crippen LogP contribution in [0.5, 0.6) is 0 Å². The second-order valence-electron chi connectivity index (χ2n) is 5.32. The van der Waals surface area contributed by atoms with E-state index >= 15 is 0 Å². The third-order valence-corrected chi connectivity index (χ3v) is 3.79. The van der Waals surface area contributed by atoms with Crippen molar-refractivity contribution in [2.75, 3.05) is 39.3 Å². The van der Waals surface area contributed by atoms with Gasteiger partial charge in [0, 0.05) is 6.61 Å². The van der Waals surface area contributed by atoms with Crippen LogP contribution in [0.15, 0.2) is 0 Å². The Morgan fingerprint density at radius 1 is 1.06 bits per heavy atom. The summed E-state index contributed by atoms with van der Waals surface area (Å²) in [7, 11) is 0. The van der Waals surface area contributed by atoms with Gasteiger partial charge in [0.2, 0.25) is 0 Å². The summed E-state index contributed by atoms with van der Waals surface area (Å²) < 4.78 is 5.78. The first-order valence-corrected chi connectivity index (χ1v) is 7.91. The zero-order valence-electron chi connectivity index (χ0n) is 12.4. The number of likely N-dealkylation sites (tertiary alicyclic amines) is 1. The highest BCUT2D eigenvalue weighted by Gasteiger charge is 2.09. The Labute approximate surface area is 113 Å². The average Bonchev–Trinajstić information content (AvgIpc) is 2.90. The van der Waals surface area contributed by atoms with E-state index in [4.69, 9.17) is 4.74 Å². The Morgan fingerprint density at radius 2 is 1.72 bits per heavy atom. The molecule has 0 saturated carbocycles. The van der Waals surface area contributed by atoms with Crippen molar-refractivity contribution >= 4 is 0 Å². The third-order valence-electron chi connectivity index (χ3n) is 3.79. The first kappa shape index (κ1) is 15.9. The lowest BCUT2D eigenvalue weighted by molar-refractivity contribution is 0.0469. The number of nitrogens with zero attached hydrogens (tertiary/aromatic N) is 1. The minimum Gasteiger partial charge on any atom is -0.378 e. The van der Waals surface area contributed by atoms with E-state index in [0.29, 0.717) is 6.10 Å². The standard InChI is InChI=1S/C15H32N2O/c1-3-15(4-2)18-14-8-10-16-9-7-13-17-11-5-6-12-17/h15-16H,3-14H2,1-2H3. The maximum atomic E-state index is 5.78. The van der Waals surface area contributed by atoms with Crippen molar-refractivity contribution in [1.29, 1.82) is 0 Å². The number of nitrogens with one attached hydrogen (secondary N) is 1. The fourth-order valence-corrected chi connectivity index (χ4v) is 2.53. The van der Waals surface area contributed by atoms with Crippen LogP contribution in [0.4, 0.5) is 0 Å². The van der Waals surface area contributed by atoms with Crippen molar-refractivity contribution in [2.24, 2.45) is 0 Å². The van der Waals surface area contributed by atoms with Gasteiger partial charge in [-0.15, -0.1) is 0 Å². The van der Waals surface area contributed by atoms with Gasteiger partial charge in [0.15, 0.2) is 0 Å². The van der Waals surface area contributed by atoms with Gasteiger partial charge in [0.25, 0.3) is 0 Å². The Hall–Kier alpha value is -0.120. The van der Waals surface area contributed by atoms with Crippen LogP contribution in [-0.4, -0.2) is 50.3 Å². The van der Waals surface area contributed by atoms with Crippen molar-refractivity contribution in [3.63, 3.8) is 0 Å². The molecule has 1 heterocycles. The topological polar surface area (TPSA) is 24.5 Å². The van der Waals surface area contributed by atoms with Crippen LogP contribution in [0.25, 0.3) is 0 Å². The predicted octanol–water partition coefficient (Wildman–Crippen LogP) is 2.66. The smallest absolute Gasteiger partial charge is 0.0569 e. The molecule has 1 fully saturated rings. The van der Waals surface area contributed by atoms with Gasteiger partial charge in [-0.25, -0.2) is 0 Å². The van der Waals surface area contributed by atoms with Gasteiger partial charge in [-0.05, 0) is 71.2 Å². The highest BCUT2D eigenvalue weighted by molar-refractivity contribution is 4.66. The number of ether oxygens (including phenoxy) is 1. The average molecular weight is 256 g/mol. The molecule has 0 unspecified atom stereocenters. The van der Waals surface area contributed by atoms with E-state index in [2.05, 4.69) is 24.1 Å². The zero-order chi connectivity index (χ0) is 13.1. The maximum absolute atomic E-state index is 5.78. The lowest BCUT2D eigenvalue weighted by atomic mass is 10.2. The maximum Gasteiger partial charge on any atom is 0.0569 e. The summed E-state index contributed by atoms with van der Waals surface area (Å²) in [6.45, 7) is 11.5. The number of hydrogen-bond acceptors (Lipinski definition) is 3. The van der Waals surface area contributed by atoms with Crippen molar-refractivity contribution in [2.45, 2.75) is 58.5 Å². The van der Waals surface area contributed by atoms with Crippen molar-refractivity contribution in [1.82, 2.24) is 10.2 Å². The fourth-order valence-electron chi connectivity index (χ4n) is 2.53. The summed E-state index contributed by atoms with van der Waals surface area (Å²) in [4.78, 5) is 2.58. The van der Waals surface area contributed by atoms with E-state index in [-0.39, 0.29) is 0 Å². The first-order chi connectivity index (χ1) is 8.86. The molecule has 0 radical (unpaired) electrons. The first-order valence-electron chi connectivity index (χ1n) is 7.91. The Balaban J connectivity index is 1.78. The van der Waals surface area contributed by atoms with Crippen LogP contribution in [0.1, 0.15) is 52.4 Å². The molecule has 0 bridgehead atoms. The summed E-state index contributed by atoms with van der Waals surface area (Å²) in [5, 5.41) is 3.51. The monoisotopic (exact) mass is 256 g/mol. The van der Waals surface area contributed by atoms with Crippen LogP contribution >= 0.6 is 0 Å². The highest BCUT2D eigenvalue weighted by Crippen LogP contribution is 2.06. The summed E-state index contributed by atoms with van der Waals surface area (Å²) in [5.74, 6) is 0. The molecule has 108 valence electrons. The van der Waals surface area contributed by atoms with Gasteiger partial charge in [-0.1, -0.05) is 13.8 Å². The molecule has 1 aliphatic rings. The third kappa shape index (κ3) is 7.34. The van der Waals surface area contributed by atoms with Crippen molar-refractivity contribution in [3.8, 4) is 0 Å². The van der Waals surface area contributed by atoms with Crippen LogP contribution < -0.4 is 5.32 Å². The Bertz CT molecular complexity index is 169. The summed E-state index contributed by atoms with van der Waals surface area (Å²) in [6.07, 6.45) is 7.98. The summed E-state index contributed by atoms with van der Waals surface area (Å²) >= 11 is 0. The minimum absolute atomic E-state index is 0.472. The molecule has 1 saturated heterocycles. The molecule has 0 amide bonds. The van der Waals surface area contributed by atoms with Gasteiger partial charge in [-0.2, -0.15) is 0 Å². The molecule has 1 rings (SSSR count). The Kier molecular flexibility index (Phi) is 9.54. The molecule has 0 atom stereocenters. The second-order valence-corrected chi connectivity index (χ2v) is 5.32. The quantitative estimate of drug-likeness (QED) is 0.575. The molecule has 18 heavy (non-hydrogen) atoms. The predicted molar refractivity (Wildman–Crippen MR) is 78.1 cm³/mol. The second kappa shape index (κ2) is 10.8. The van der Waals surface area contributed by atoms with Gasteiger partial charge in [0.1, 0.15) is 0 Å². The summed E-state index contributed by atoms with van der Waals surface area (Å²) in [6, 6.07) is 0. The minimum atomic E-state index is 0.472. The van der Waals surface area contributed by atoms with Crippen molar-refractivity contribution < 1.29 is 4.74 Å². The molecule has 0 spiro atoms. The summed E-state index contributed by atoms with van der Waals surface area (Å²) in [5.41, 5.74) is 0. The molecule has 3 nitrogen and oxygen atoms in total. The van der Waals surface area contributed by atoms with Crippen LogP contribution in [0.3, 0.4) is 0 Å². The molecular weight excluding hydrogens is 224 g/mol.